The molecule has 9 nitrogen and oxygen atoms in total. The van der Waals surface area contributed by atoms with Crippen LogP contribution in [0.2, 0.25) is 0 Å². The minimum atomic E-state index is -1.57. The predicted molar refractivity (Wildman–Crippen MR) is 179 cm³/mol. The van der Waals surface area contributed by atoms with Gasteiger partial charge in [-0.15, -0.1) is 0 Å². The average molecular weight is 638 g/mol. The topological polar surface area (TPSA) is 149 Å². The lowest BCUT2D eigenvalue weighted by Gasteiger charge is -2.40. The van der Waals surface area contributed by atoms with Crippen molar-refractivity contribution in [2.45, 2.75) is 159 Å². The second-order valence-corrected chi connectivity index (χ2v) is 11.9. The summed E-state index contributed by atoms with van der Waals surface area (Å²) in [6.07, 6.45) is 24.7. The van der Waals surface area contributed by atoms with E-state index in [1.165, 1.54) is 38.5 Å². The molecule has 7 unspecified atom stereocenters. The summed E-state index contributed by atoms with van der Waals surface area (Å²) in [6, 6.07) is -0.831. The third-order valence-electron chi connectivity index (χ3n) is 7.95. The zero-order chi connectivity index (χ0) is 33.1. The van der Waals surface area contributed by atoms with Gasteiger partial charge in [0.15, 0.2) is 6.29 Å². The molecule has 0 saturated carbocycles. The van der Waals surface area contributed by atoms with Crippen LogP contribution in [0.4, 0.5) is 0 Å². The molecule has 0 spiro atoms. The monoisotopic (exact) mass is 637 g/mol. The van der Waals surface area contributed by atoms with E-state index in [0.29, 0.717) is 6.42 Å². The van der Waals surface area contributed by atoms with Crippen LogP contribution in [0.3, 0.4) is 0 Å². The number of ether oxygens (including phenoxy) is 2. The molecular weight excluding hydrogens is 574 g/mol. The molecule has 1 heterocycles. The van der Waals surface area contributed by atoms with Gasteiger partial charge in [-0.1, -0.05) is 94.1 Å². The Bertz CT molecular complexity index is 843. The van der Waals surface area contributed by atoms with Gasteiger partial charge < -0.3 is 40.3 Å². The molecule has 0 aliphatic carbocycles. The van der Waals surface area contributed by atoms with Gasteiger partial charge in [0.25, 0.3) is 0 Å². The highest BCUT2D eigenvalue weighted by atomic mass is 16.7. The summed E-state index contributed by atoms with van der Waals surface area (Å²) in [6.45, 7) is 3.45. The molecule has 0 bridgehead atoms. The average Bonchev–Trinajstić information content (AvgIpc) is 3.04. The Morgan fingerprint density at radius 1 is 0.778 bits per heavy atom. The van der Waals surface area contributed by atoms with Gasteiger partial charge in [-0.2, -0.15) is 0 Å². The molecule has 0 radical (unpaired) electrons. The maximum Gasteiger partial charge on any atom is 0.220 e. The van der Waals surface area contributed by atoms with Crippen molar-refractivity contribution >= 4 is 5.91 Å². The van der Waals surface area contributed by atoms with Crippen LogP contribution in [-0.2, 0) is 14.3 Å². The van der Waals surface area contributed by atoms with Crippen molar-refractivity contribution in [1.82, 2.24) is 5.32 Å². The zero-order valence-corrected chi connectivity index (χ0v) is 27.8. The van der Waals surface area contributed by atoms with Gasteiger partial charge in [0.1, 0.15) is 24.4 Å². The van der Waals surface area contributed by atoms with Crippen molar-refractivity contribution in [3.63, 3.8) is 0 Å². The van der Waals surface area contributed by atoms with E-state index >= 15 is 0 Å². The molecule has 0 aromatic heterocycles. The van der Waals surface area contributed by atoms with E-state index in [2.05, 4.69) is 42.6 Å². The molecule has 1 fully saturated rings. The van der Waals surface area contributed by atoms with Crippen molar-refractivity contribution in [3.8, 4) is 0 Å². The molecule has 1 amide bonds. The summed E-state index contributed by atoms with van der Waals surface area (Å²) in [7, 11) is 0. The van der Waals surface area contributed by atoms with Crippen molar-refractivity contribution in [2.75, 3.05) is 13.2 Å². The quantitative estimate of drug-likeness (QED) is 0.0563. The second kappa shape index (κ2) is 27.3. The number of carbonyl (C=O) groups excluding carboxylic acids is 1. The largest absolute Gasteiger partial charge is 0.394 e. The fraction of sp³-hybridized carbons (Fsp3) is 0.750. The van der Waals surface area contributed by atoms with Crippen LogP contribution in [0, 0.1) is 0 Å². The van der Waals surface area contributed by atoms with Crippen LogP contribution in [0.25, 0.3) is 0 Å². The van der Waals surface area contributed by atoms with Crippen LogP contribution < -0.4 is 5.32 Å². The Morgan fingerprint density at radius 3 is 2.00 bits per heavy atom. The standard InChI is InChI=1S/C36H63NO8/c1-3-5-7-9-11-13-14-15-16-18-20-22-24-26-32(40)37-29(30(39)25-23-21-19-17-12-10-8-6-4-2)28-44-36-35(43)34(42)33(41)31(27-38)45-36/h4,6,12,15-17,23,25,29-31,33-36,38-39,41-43H,3,5,7-11,13-14,18-22,24,26-28H2,1-2H3,(H,37,40)/b6-4+,16-15-,17-12+,25-23+. The van der Waals surface area contributed by atoms with Gasteiger partial charge in [0, 0.05) is 6.42 Å². The molecule has 0 aromatic rings. The van der Waals surface area contributed by atoms with E-state index in [9.17, 15) is 30.3 Å². The summed E-state index contributed by atoms with van der Waals surface area (Å²) in [5, 5.41) is 53.6. The summed E-state index contributed by atoms with van der Waals surface area (Å²) >= 11 is 0. The number of carbonyl (C=O) groups is 1. The summed E-state index contributed by atoms with van der Waals surface area (Å²) in [4.78, 5) is 12.8. The summed E-state index contributed by atoms with van der Waals surface area (Å²) in [5.74, 6) is -0.215. The van der Waals surface area contributed by atoms with E-state index in [4.69, 9.17) is 9.47 Å². The molecule has 1 rings (SSSR count). The molecule has 45 heavy (non-hydrogen) atoms. The van der Waals surface area contributed by atoms with E-state index in [1.54, 1.807) is 6.08 Å². The Balaban J connectivity index is 2.53. The zero-order valence-electron chi connectivity index (χ0n) is 27.8. The molecule has 1 saturated heterocycles. The van der Waals surface area contributed by atoms with Crippen LogP contribution in [0.15, 0.2) is 48.6 Å². The molecule has 1 aliphatic heterocycles. The molecule has 6 N–H and O–H groups in total. The lowest BCUT2D eigenvalue weighted by molar-refractivity contribution is -0.302. The number of unbranched alkanes of at least 4 members (excludes halogenated alkanes) is 11. The van der Waals surface area contributed by atoms with E-state index in [0.717, 1.165) is 57.8 Å². The maximum atomic E-state index is 12.8. The number of hydrogen-bond acceptors (Lipinski definition) is 8. The minimum Gasteiger partial charge on any atom is -0.394 e. The van der Waals surface area contributed by atoms with Crippen LogP contribution >= 0.6 is 0 Å². The molecular formula is C36H63NO8. The lowest BCUT2D eigenvalue weighted by atomic mass is 9.99. The third kappa shape index (κ3) is 19.4. The van der Waals surface area contributed by atoms with Gasteiger partial charge in [-0.05, 0) is 64.7 Å². The number of aliphatic hydroxyl groups is 5. The highest BCUT2D eigenvalue weighted by Gasteiger charge is 2.44. The fourth-order valence-corrected chi connectivity index (χ4v) is 5.07. The number of amides is 1. The fourth-order valence-electron chi connectivity index (χ4n) is 5.07. The molecule has 7 atom stereocenters. The number of hydrogen-bond donors (Lipinski definition) is 6. The second-order valence-electron chi connectivity index (χ2n) is 11.9. The summed E-state index contributed by atoms with van der Waals surface area (Å²) < 4.78 is 11.1. The number of nitrogens with one attached hydrogen (secondary N) is 1. The van der Waals surface area contributed by atoms with Crippen molar-refractivity contribution in [1.29, 1.82) is 0 Å². The predicted octanol–water partition coefficient (Wildman–Crippen LogP) is 5.15. The van der Waals surface area contributed by atoms with E-state index < -0.39 is 49.5 Å². The van der Waals surface area contributed by atoms with Gasteiger partial charge in [0.2, 0.25) is 5.91 Å². The summed E-state index contributed by atoms with van der Waals surface area (Å²) in [5.41, 5.74) is 0. The SMILES string of the molecule is C/C=C/CC/C=C/CC/C=C/C(O)C(COC1OC(CO)C(O)C(O)C1O)NC(=O)CCCCC/C=C\CCCCCCCC. The normalized spacial score (nSPS) is 23.9. The van der Waals surface area contributed by atoms with Gasteiger partial charge >= 0.3 is 0 Å². The number of aliphatic hydroxyl groups excluding tert-OH is 5. The molecule has 260 valence electrons. The highest BCUT2D eigenvalue weighted by molar-refractivity contribution is 5.76. The van der Waals surface area contributed by atoms with Crippen LogP contribution in [0.1, 0.15) is 117 Å². The number of rotatable bonds is 26. The molecule has 0 aromatic carbocycles. The Morgan fingerprint density at radius 2 is 1.36 bits per heavy atom. The van der Waals surface area contributed by atoms with E-state index in [-0.39, 0.29) is 12.5 Å². The molecule has 1 aliphatic rings. The molecule has 9 heteroatoms. The maximum absolute atomic E-state index is 12.8. The minimum absolute atomic E-state index is 0.214. The van der Waals surface area contributed by atoms with E-state index in [1.807, 2.05) is 19.1 Å². The van der Waals surface area contributed by atoms with Gasteiger partial charge in [0.05, 0.1) is 25.4 Å². The Hall–Kier alpha value is -1.85. The first-order valence-corrected chi connectivity index (χ1v) is 17.3. The van der Waals surface area contributed by atoms with Crippen LogP contribution in [-0.4, -0.2) is 87.5 Å². The van der Waals surface area contributed by atoms with Crippen molar-refractivity contribution in [3.05, 3.63) is 48.6 Å². The van der Waals surface area contributed by atoms with Crippen molar-refractivity contribution in [2.24, 2.45) is 0 Å². The Labute approximate surface area is 272 Å². The smallest absolute Gasteiger partial charge is 0.220 e. The van der Waals surface area contributed by atoms with Gasteiger partial charge in [-0.25, -0.2) is 0 Å². The number of allylic oxidation sites excluding steroid dienone is 7. The third-order valence-corrected chi connectivity index (χ3v) is 7.95. The Kier molecular flexibility index (Phi) is 25.0. The first-order valence-electron chi connectivity index (χ1n) is 17.3. The highest BCUT2D eigenvalue weighted by Crippen LogP contribution is 2.22. The van der Waals surface area contributed by atoms with Gasteiger partial charge in [-0.3, -0.25) is 4.79 Å². The van der Waals surface area contributed by atoms with Crippen molar-refractivity contribution < 1.29 is 39.8 Å². The van der Waals surface area contributed by atoms with Crippen LogP contribution in [0.5, 0.6) is 0 Å². The lowest BCUT2D eigenvalue weighted by Crippen LogP contribution is -2.60. The first-order chi connectivity index (χ1) is 21.8. The first kappa shape index (κ1) is 41.2.